The normalized spacial score (nSPS) is 12.0. The first-order valence-corrected chi connectivity index (χ1v) is 10.0. The van der Waals surface area contributed by atoms with Crippen molar-refractivity contribution in [3.05, 3.63) is 93.4 Å². The summed E-state index contributed by atoms with van der Waals surface area (Å²) in [6.07, 6.45) is -0.548. The SMILES string of the molecule is COC(=O)C[C@H](c1cc(F)c(F)c(F)c1)c1c(O)cc(O)c2c(=O)cc(-c3ccccc3)oc12. The van der Waals surface area contributed by atoms with Crippen LogP contribution in [0.15, 0.2) is 63.8 Å². The molecule has 0 aliphatic carbocycles. The number of benzene rings is 3. The average molecular weight is 470 g/mol. The molecule has 6 nitrogen and oxygen atoms in total. The highest BCUT2D eigenvalue weighted by Crippen LogP contribution is 2.43. The molecule has 0 unspecified atom stereocenters. The van der Waals surface area contributed by atoms with Crippen LogP contribution in [0.4, 0.5) is 13.2 Å². The summed E-state index contributed by atoms with van der Waals surface area (Å²) in [6.45, 7) is 0. The maximum atomic E-state index is 14.1. The number of phenolic OH excluding ortho intramolecular Hbond substituents is 2. The molecule has 0 amide bonds. The van der Waals surface area contributed by atoms with E-state index < -0.39 is 52.7 Å². The number of hydrogen-bond acceptors (Lipinski definition) is 6. The maximum absolute atomic E-state index is 14.1. The van der Waals surface area contributed by atoms with Crippen LogP contribution in [0.1, 0.15) is 23.5 Å². The molecule has 0 spiro atoms. The molecule has 1 aromatic heterocycles. The van der Waals surface area contributed by atoms with E-state index in [9.17, 15) is 33.0 Å². The molecule has 4 rings (SSSR count). The minimum atomic E-state index is -1.71. The van der Waals surface area contributed by atoms with E-state index in [1.54, 1.807) is 30.3 Å². The topological polar surface area (TPSA) is 97.0 Å². The maximum Gasteiger partial charge on any atom is 0.306 e. The van der Waals surface area contributed by atoms with Crippen molar-refractivity contribution in [2.24, 2.45) is 0 Å². The zero-order chi connectivity index (χ0) is 24.6. The van der Waals surface area contributed by atoms with E-state index in [-0.39, 0.29) is 27.9 Å². The average Bonchev–Trinajstić information content (AvgIpc) is 2.81. The molecule has 9 heteroatoms. The van der Waals surface area contributed by atoms with Gasteiger partial charge in [-0.2, -0.15) is 0 Å². The van der Waals surface area contributed by atoms with Gasteiger partial charge in [0.15, 0.2) is 22.9 Å². The fourth-order valence-electron chi connectivity index (χ4n) is 3.82. The minimum absolute atomic E-state index is 0.0811. The highest BCUT2D eigenvalue weighted by molar-refractivity contribution is 5.90. The van der Waals surface area contributed by atoms with Crippen LogP contribution in [0.3, 0.4) is 0 Å². The molecule has 0 bridgehead atoms. The Bertz CT molecular complexity index is 1440. The first-order valence-electron chi connectivity index (χ1n) is 10.0. The lowest BCUT2D eigenvalue weighted by atomic mass is 9.86. The van der Waals surface area contributed by atoms with Crippen molar-refractivity contribution in [2.75, 3.05) is 7.11 Å². The van der Waals surface area contributed by atoms with Gasteiger partial charge in [0.05, 0.1) is 13.5 Å². The number of methoxy groups -OCH3 is 1. The summed E-state index contributed by atoms with van der Waals surface area (Å²) in [5.41, 5.74) is -0.899. The summed E-state index contributed by atoms with van der Waals surface area (Å²) >= 11 is 0. The lowest BCUT2D eigenvalue weighted by Crippen LogP contribution is -2.13. The molecule has 2 N–H and O–H groups in total. The monoisotopic (exact) mass is 470 g/mol. The molecule has 174 valence electrons. The van der Waals surface area contributed by atoms with E-state index in [1.807, 2.05) is 0 Å². The third-order valence-corrected chi connectivity index (χ3v) is 5.41. The van der Waals surface area contributed by atoms with Gasteiger partial charge in [-0.15, -0.1) is 0 Å². The number of halogens is 3. The highest BCUT2D eigenvalue weighted by Gasteiger charge is 2.29. The Morgan fingerprint density at radius 1 is 1.00 bits per heavy atom. The zero-order valence-electron chi connectivity index (χ0n) is 17.6. The molecular weight excluding hydrogens is 453 g/mol. The summed E-state index contributed by atoms with van der Waals surface area (Å²) in [5.74, 6) is -8.02. The minimum Gasteiger partial charge on any atom is -0.507 e. The number of carbonyl (C=O) groups is 1. The number of rotatable bonds is 5. The molecular formula is C25H17F3O6. The van der Waals surface area contributed by atoms with Crippen molar-refractivity contribution in [3.63, 3.8) is 0 Å². The van der Waals surface area contributed by atoms with Gasteiger partial charge >= 0.3 is 5.97 Å². The van der Waals surface area contributed by atoms with Crippen LogP contribution in [0, 0.1) is 17.5 Å². The second-order valence-corrected chi connectivity index (χ2v) is 7.50. The summed E-state index contributed by atoms with van der Waals surface area (Å²) in [6, 6.07) is 11.8. The van der Waals surface area contributed by atoms with Gasteiger partial charge in [0.2, 0.25) is 0 Å². The third kappa shape index (κ3) is 4.07. The summed E-state index contributed by atoms with van der Waals surface area (Å²) in [5, 5.41) is 20.7. The quantitative estimate of drug-likeness (QED) is 0.315. The standard InChI is InChI=1S/C25H17F3O6/c1-33-21(32)9-14(13-7-15(26)24(28)16(27)8-13)22-17(29)10-18(30)23-19(31)11-20(34-25(22)23)12-5-3-2-4-6-12/h2-8,10-11,14,29-30H,9H2,1H3/t14-/m1/s1. The lowest BCUT2D eigenvalue weighted by molar-refractivity contribution is -0.140. The van der Waals surface area contributed by atoms with Crippen LogP contribution in [0.2, 0.25) is 0 Å². The molecule has 0 fully saturated rings. The van der Waals surface area contributed by atoms with Gasteiger partial charge in [0, 0.05) is 29.2 Å². The van der Waals surface area contributed by atoms with Crippen molar-refractivity contribution in [1.82, 2.24) is 0 Å². The van der Waals surface area contributed by atoms with Gasteiger partial charge in [-0.1, -0.05) is 30.3 Å². The Hall–Kier alpha value is -4.27. The van der Waals surface area contributed by atoms with E-state index in [0.717, 1.165) is 19.2 Å². The summed E-state index contributed by atoms with van der Waals surface area (Å²) in [7, 11) is 1.09. The van der Waals surface area contributed by atoms with Gasteiger partial charge < -0.3 is 19.4 Å². The molecule has 3 aromatic carbocycles. The van der Waals surface area contributed by atoms with Crippen LogP contribution in [0.5, 0.6) is 11.5 Å². The van der Waals surface area contributed by atoms with Crippen molar-refractivity contribution in [3.8, 4) is 22.8 Å². The third-order valence-electron chi connectivity index (χ3n) is 5.41. The van der Waals surface area contributed by atoms with E-state index in [1.165, 1.54) is 0 Å². The molecule has 0 saturated carbocycles. The first kappa shape index (κ1) is 22.9. The van der Waals surface area contributed by atoms with Crippen molar-refractivity contribution >= 4 is 16.9 Å². The summed E-state index contributed by atoms with van der Waals surface area (Å²) in [4.78, 5) is 25.1. The van der Waals surface area contributed by atoms with E-state index >= 15 is 0 Å². The van der Waals surface area contributed by atoms with E-state index in [2.05, 4.69) is 4.74 Å². The van der Waals surface area contributed by atoms with Gasteiger partial charge in [-0.3, -0.25) is 9.59 Å². The van der Waals surface area contributed by atoms with E-state index in [0.29, 0.717) is 17.7 Å². The molecule has 0 aliphatic rings. The number of phenols is 2. The molecule has 0 radical (unpaired) electrons. The van der Waals surface area contributed by atoms with E-state index in [4.69, 9.17) is 4.42 Å². The van der Waals surface area contributed by atoms with Gasteiger partial charge in [0.1, 0.15) is 28.2 Å². The Kier molecular flexibility index (Phi) is 6.02. The van der Waals surface area contributed by atoms with Crippen molar-refractivity contribution in [2.45, 2.75) is 12.3 Å². The zero-order valence-corrected chi connectivity index (χ0v) is 17.6. The Balaban J connectivity index is 2.07. The Labute approximate surface area is 190 Å². The number of hydrogen-bond donors (Lipinski definition) is 2. The molecule has 1 heterocycles. The Morgan fingerprint density at radius 3 is 2.26 bits per heavy atom. The molecule has 4 aromatic rings. The number of carbonyl (C=O) groups excluding carboxylic acids is 1. The fraction of sp³-hybridized carbons (Fsp3) is 0.120. The first-order chi connectivity index (χ1) is 16.2. The van der Waals surface area contributed by atoms with Crippen LogP contribution >= 0.6 is 0 Å². The molecule has 0 saturated heterocycles. The Morgan fingerprint density at radius 2 is 1.65 bits per heavy atom. The van der Waals surface area contributed by atoms with Gasteiger partial charge in [0.25, 0.3) is 0 Å². The lowest BCUT2D eigenvalue weighted by Gasteiger charge is -2.20. The largest absolute Gasteiger partial charge is 0.507 e. The second kappa shape index (κ2) is 8.93. The van der Waals surface area contributed by atoms with Crippen molar-refractivity contribution in [1.29, 1.82) is 0 Å². The number of aromatic hydroxyl groups is 2. The second-order valence-electron chi connectivity index (χ2n) is 7.50. The van der Waals surface area contributed by atoms with Gasteiger partial charge in [-0.05, 0) is 17.7 Å². The van der Waals surface area contributed by atoms with Crippen molar-refractivity contribution < 1.29 is 37.3 Å². The van der Waals surface area contributed by atoms with Crippen LogP contribution in [-0.2, 0) is 9.53 Å². The van der Waals surface area contributed by atoms with Gasteiger partial charge in [-0.25, -0.2) is 13.2 Å². The van der Waals surface area contributed by atoms with Crippen LogP contribution in [-0.4, -0.2) is 23.3 Å². The fourth-order valence-corrected chi connectivity index (χ4v) is 3.82. The number of fused-ring (bicyclic) bond motifs is 1. The number of esters is 1. The van der Waals surface area contributed by atoms with Crippen LogP contribution < -0.4 is 5.43 Å². The predicted molar refractivity (Wildman–Crippen MR) is 116 cm³/mol. The molecule has 1 atom stereocenters. The predicted octanol–water partition coefficient (Wildman–Crippen LogP) is 4.98. The molecule has 0 aliphatic heterocycles. The van der Waals surface area contributed by atoms with Crippen LogP contribution in [0.25, 0.3) is 22.3 Å². The highest BCUT2D eigenvalue weighted by atomic mass is 19.2. The smallest absolute Gasteiger partial charge is 0.306 e. The summed E-state index contributed by atoms with van der Waals surface area (Å²) < 4.78 is 52.3. The number of ether oxygens (including phenoxy) is 1. The molecule has 34 heavy (non-hydrogen) atoms.